The van der Waals surface area contributed by atoms with Gasteiger partial charge in [-0.15, -0.1) is 11.3 Å². The van der Waals surface area contributed by atoms with E-state index >= 15 is 0 Å². The molecule has 3 heterocycles. The first-order valence-electron chi connectivity index (χ1n) is 10.8. The quantitative estimate of drug-likeness (QED) is 0.427. The van der Waals surface area contributed by atoms with Crippen LogP contribution in [0.1, 0.15) is 23.5 Å². The second-order valence-corrected chi connectivity index (χ2v) is 9.40. The van der Waals surface area contributed by atoms with E-state index in [4.69, 9.17) is 0 Å². The zero-order valence-corrected chi connectivity index (χ0v) is 18.9. The van der Waals surface area contributed by atoms with Crippen LogP contribution in [0.3, 0.4) is 0 Å². The van der Waals surface area contributed by atoms with Crippen molar-refractivity contribution in [3.63, 3.8) is 0 Å². The van der Waals surface area contributed by atoms with Crippen molar-refractivity contribution in [3.8, 4) is 11.4 Å². The van der Waals surface area contributed by atoms with Crippen molar-refractivity contribution in [1.29, 1.82) is 0 Å². The van der Waals surface area contributed by atoms with Gasteiger partial charge in [0.1, 0.15) is 17.5 Å². The van der Waals surface area contributed by atoms with Crippen LogP contribution in [0.2, 0.25) is 0 Å². The molecule has 1 aliphatic rings. The summed E-state index contributed by atoms with van der Waals surface area (Å²) in [7, 11) is 0. The van der Waals surface area contributed by atoms with E-state index in [1.54, 1.807) is 29.5 Å². The monoisotopic (exact) mass is 467 g/mol. The average molecular weight is 468 g/mol. The van der Waals surface area contributed by atoms with Crippen molar-refractivity contribution in [3.05, 3.63) is 64.1 Å². The lowest BCUT2D eigenvalue weighted by Gasteiger charge is -2.30. The molecule has 1 aliphatic heterocycles. The minimum absolute atomic E-state index is 0.00517. The van der Waals surface area contributed by atoms with Gasteiger partial charge in [-0.05, 0) is 69.3 Å². The normalized spacial score (nSPS) is 15.2. The zero-order valence-electron chi connectivity index (χ0n) is 18.1. The van der Waals surface area contributed by atoms with E-state index < -0.39 is 11.6 Å². The molecule has 2 aromatic heterocycles. The largest absolute Gasteiger partial charge is 0.338 e. The Morgan fingerprint density at radius 2 is 2.00 bits per heavy atom. The van der Waals surface area contributed by atoms with Crippen molar-refractivity contribution in [2.24, 2.45) is 5.92 Å². The molecule has 0 unspecified atom stereocenters. The molecular weight excluding hydrogens is 444 g/mol. The van der Waals surface area contributed by atoms with Gasteiger partial charge in [0.15, 0.2) is 0 Å². The van der Waals surface area contributed by atoms with Crippen molar-refractivity contribution in [1.82, 2.24) is 19.9 Å². The van der Waals surface area contributed by atoms with Gasteiger partial charge in [-0.25, -0.2) is 18.7 Å². The van der Waals surface area contributed by atoms with Gasteiger partial charge in [0.05, 0.1) is 27.3 Å². The molecule has 1 fully saturated rings. The number of thiazole rings is 1. The summed E-state index contributed by atoms with van der Waals surface area (Å²) in [6.45, 7) is 4.54. The number of fused-ring (bicyclic) bond motifs is 1. The molecule has 1 amide bonds. The first kappa shape index (κ1) is 21.7. The predicted molar refractivity (Wildman–Crippen MR) is 125 cm³/mol. The molecule has 2 N–H and O–H groups in total. The summed E-state index contributed by atoms with van der Waals surface area (Å²) >= 11 is 1.66. The third-order valence-corrected chi connectivity index (χ3v) is 6.77. The molecule has 33 heavy (non-hydrogen) atoms. The lowest BCUT2D eigenvalue weighted by atomic mass is 9.95. The maximum absolute atomic E-state index is 14.1. The van der Waals surface area contributed by atoms with Crippen LogP contribution in [0.15, 0.2) is 41.8 Å². The van der Waals surface area contributed by atoms with Crippen LogP contribution in [-0.2, 0) is 11.3 Å². The molecule has 170 valence electrons. The minimum atomic E-state index is -0.555. The fourth-order valence-electron chi connectivity index (χ4n) is 4.20. The Hall–Kier alpha value is -3.17. The van der Waals surface area contributed by atoms with Gasteiger partial charge >= 0.3 is 0 Å². The van der Waals surface area contributed by atoms with E-state index in [1.165, 1.54) is 0 Å². The highest BCUT2D eigenvalue weighted by Crippen LogP contribution is 2.27. The summed E-state index contributed by atoms with van der Waals surface area (Å²) in [6, 6.07) is 8.54. The summed E-state index contributed by atoms with van der Waals surface area (Å²) in [5, 5.41) is 6.15. The molecule has 0 atom stereocenters. The third kappa shape index (κ3) is 4.79. The van der Waals surface area contributed by atoms with Gasteiger partial charge in [-0.2, -0.15) is 0 Å². The maximum atomic E-state index is 14.1. The van der Waals surface area contributed by atoms with Crippen LogP contribution in [0.5, 0.6) is 0 Å². The fraction of sp³-hybridized carbons (Fsp3) is 0.292. The molecule has 0 spiro atoms. The molecular formula is C24H23F2N5OS. The Balaban J connectivity index is 1.23. The third-order valence-electron chi connectivity index (χ3n) is 5.94. The molecule has 0 radical (unpaired) electrons. The number of H-pyrrole nitrogens is 1. The first-order chi connectivity index (χ1) is 15.9. The van der Waals surface area contributed by atoms with Gasteiger partial charge in [0.25, 0.3) is 0 Å². The summed E-state index contributed by atoms with van der Waals surface area (Å²) in [6.07, 6.45) is 1.59. The summed E-state index contributed by atoms with van der Waals surface area (Å²) in [5.41, 5.74) is 3.04. The van der Waals surface area contributed by atoms with Gasteiger partial charge in [0, 0.05) is 23.5 Å². The number of amides is 1. The Kier molecular flexibility index (Phi) is 5.90. The van der Waals surface area contributed by atoms with Crippen molar-refractivity contribution in [2.75, 3.05) is 18.4 Å². The van der Waals surface area contributed by atoms with Crippen LogP contribution in [0.25, 0.3) is 22.4 Å². The number of benzene rings is 2. The Morgan fingerprint density at radius 1 is 1.18 bits per heavy atom. The van der Waals surface area contributed by atoms with Gasteiger partial charge < -0.3 is 10.3 Å². The van der Waals surface area contributed by atoms with E-state index in [1.807, 2.05) is 6.92 Å². The smallest absolute Gasteiger partial charge is 0.227 e. The van der Waals surface area contributed by atoms with E-state index in [9.17, 15) is 13.6 Å². The lowest BCUT2D eigenvalue weighted by Crippen LogP contribution is -2.37. The van der Waals surface area contributed by atoms with Crippen LogP contribution in [0, 0.1) is 24.5 Å². The number of aromatic nitrogens is 3. The van der Waals surface area contributed by atoms with E-state index in [0.717, 1.165) is 61.4 Å². The topological polar surface area (TPSA) is 73.9 Å². The molecule has 6 nitrogen and oxygen atoms in total. The van der Waals surface area contributed by atoms with E-state index in [-0.39, 0.29) is 23.2 Å². The number of nitrogens with one attached hydrogen (secondary N) is 2. The Bertz CT molecular complexity index is 1310. The number of aryl methyl sites for hydroxylation is 1. The molecule has 9 heteroatoms. The summed E-state index contributed by atoms with van der Waals surface area (Å²) in [4.78, 5) is 27.1. The molecule has 0 aliphatic carbocycles. The van der Waals surface area contributed by atoms with Crippen molar-refractivity contribution < 1.29 is 13.6 Å². The van der Waals surface area contributed by atoms with Gasteiger partial charge in [-0.3, -0.25) is 9.69 Å². The van der Waals surface area contributed by atoms with Crippen LogP contribution in [-0.4, -0.2) is 38.8 Å². The summed E-state index contributed by atoms with van der Waals surface area (Å²) < 4.78 is 27.6. The highest BCUT2D eigenvalue weighted by molar-refractivity contribution is 7.09. The fourth-order valence-corrected chi connectivity index (χ4v) is 4.81. The molecule has 1 saturated heterocycles. The average Bonchev–Trinajstić information content (AvgIpc) is 3.41. The van der Waals surface area contributed by atoms with Crippen molar-refractivity contribution in [2.45, 2.75) is 26.3 Å². The number of rotatable bonds is 5. The van der Waals surface area contributed by atoms with Crippen LogP contribution in [0.4, 0.5) is 14.5 Å². The number of likely N-dealkylation sites (tertiary alicyclic amines) is 1. The molecule has 4 aromatic rings. The number of carbonyl (C=O) groups excluding carboxylic acids is 1. The maximum Gasteiger partial charge on any atom is 0.227 e. The summed E-state index contributed by atoms with van der Waals surface area (Å²) in [5.74, 6) is -0.900. The van der Waals surface area contributed by atoms with Crippen molar-refractivity contribution >= 4 is 34.0 Å². The highest BCUT2D eigenvalue weighted by atomic mass is 32.1. The second-order valence-electron chi connectivity index (χ2n) is 8.34. The number of piperidine rings is 1. The molecule has 5 rings (SSSR count). The van der Waals surface area contributed by atoms with Gasteiger partial charge in [-0.1, -0.05) is 0 Å². The molecule has 0 saturated carbocycles. The number of carbonyl (C=O) groups is 1. The van der Waals surface area contributed by atoms with Crippen LogP contribution >= 0.6 is 11.3 Å². The molecule has 0 bridgehead atoms. The lowest BCUT2D eigenvalue weighted by molar-refractivity contribution is -0.121. The number of imidazole rings is 1. The Labute approximate surface area is 193 Å². The number of anilines is 1. The zero-order chi connectivity index (χ0) is 22.9. The first-order valence-corrected chi connectivity index (χ1v) is 11.7. The predicted octanol–water partition coefficient (Wildman–Crippen LogP) is 5.12. The SMILES string of the molecule is Cc1nc(CN2CCC(C(=O)Nc3ccc4nc(-c5cc(F)ccc5F)[nH]c4c3)CC2)cs1. The van der Waals surface area contributed by atoms with Gasteiger partial charge in [0.2, 0.25) is 5.91 Å². The number of halogens is 2. The number of hydrogen-bond donors (Lipinski definition) is 2. The van der Waals surface area contributed by atoms with E-state index in [2.05, 4.69) is 30.5 Å². The number of nitrogens with zero attached hydrogens (tertiary/aromatic N) is 3. The second kappa shape index (κ2) is 8.99. The Morgan fingerprint density at radius 3 is 2.76 bits per heavy atom. The molecule has 2 aromatic carbocycles. The standard InChI is InChI=1S/C24H23F2N5OS/c1-14-27-18(13-33-14)12-31-8-6-15(7-9-31)24(32)28-17-3-5-21-22(11-17)30-23(29-21)19-10-16(25)2-4-20(19)26/h2-5,10-11,13,15H,6-9,12H2,1H3,(H,28,32)(H,29,30). The number of hydrogen-bond acceptors (Lipinski definition) is 5. The number of aromatic amines is 1. The minimum Gasteiger partial charge on any atom is -0.338 e. The highest BCUT2D eigenvalue weighted by Gasteiger charge is 2.25. The van der Waals surface area contributed by atoms with E-state index in [0.29, 0.717) is 16.7 Å². The van der Waals surface area contributed by atoms with Crippen LogP contribution < -0.4 is 5.32 Å².